The van der Waals surface area contributed by atoms with Gasteiger partial charge in [-0.2, -0.15) is 0 Å². The number of primary amides is 1. The number of benzene rings is 1. The van der Waals surface area contributed by atoms with Crippen LogP contribution < -0.4 is 5.73 Å². The van der Waals surface area contributed by atoms with E-state index in [1.54, 1.807) is 6.20 Å². The van der Waals surface area contributed by atoms with Crippen LogP contribution in [0.3, 0.4) is 0 Å². The van der Waals surface area contributed by atoms with Gasteiger partial charge >= 0.3 is 0 Å². The van der Waals surface area contributed by atoms with Crippen molar-refractivity contribution in [3.63, 3.8) is 0 Å². The highest BCUT2D eigenvalue weighted by atomic mass is 16.1. The number of hydrogen-bond donors (Lipinski definition) is 1. The minimum absolute atomic E-state index is 0.0614. The highest BCUT2D eigenvalue weighted by Gasteiger charge is 2.28. The van der Waals surface area contributed by atoms with Gasteiger partial charge in [0.1, 0.15) is 0 Å². The molecule has 24 heavy (non-hydrogen) atoms. The summed E-state index contributed by atoms with van der Waals surface area (Å²) in [4.78, 5) is 16.6. The summed E-state index contributed by atoms with van der Waals surface area (Å²) in [6.07, 6.45) is 7.17. The van der Waals surface area contributed by atoms with E-state index in [0.717, 1.165) is 29.3 Å². The first-order chi connectivity index (χ1) is 11.4. The van der Waals surface area contributed by atoms with E-state index < -0.39 is 5.91 Å². The van der Waals surface area contributed by atoms with E-state index in [2.05, 4.69) is 25.8 Å². The van der Waals surface area contributed by atoms with Crippen LogP contribution >= 0.6 is 0 Å². The summed E-state index contributed by atoms with van der Waals surface area (Å²) in [7, 11) is 0. The molecule has 0 aliphatic heterocycles. The largest absolute Gasteiger partial charge is 0.366 e. The maximum atomic E-state index is 12.2. The van der Waals surface area contributed by atoms with Crippen LogP contribution in [0.4, 0.5) is 0 Å². The molecule has 0 spiro atoms. The SMILES string of the molecule is CC1=C(C=C(C(N)=O)c2cccc3ncccc23)C(C)(C)CCC1. The number of amides is 1. The quantitative estimate of drug-likeness (QED) is 0.838. The lowest BCUT2D eigenvalue weighted by molar-refractivity contribution is -0.112. The molecule has 0 atom stereocenters. The van der Waals surface area contributed by atoms with Gasteiger partial charge < -0.3 is 5.73 Å². The topological polar surface area (TPSA) is 56.0 Å². The standard InChI is InChI=1S/C21H24N2O/c1-14-7-5-11-21(2,3)18(14)13-17(20(22)24)15-8-4-10-19-16(15)9-6-12-23-19/h4,6,8-10,12-13H,5,7,11H2,1-3H3,(H2,22,24). The Balaban J connectivity index is 2.22. The number of fused-ring (bicyclic) bond motifs is 1. The van der Waals surface area contributed by atoms with Crippen molar-refractivity contribution in [2.75, 3.05) is 0 Å². The second-order valence-electron chi connectivity index (χ2n) is 7.23. The third-order valence-electron chi connectivity index (χ3n) is 5.03. The molecule has 3 heteroatoms. The van der Waals surface area contributed by atoms with E-state index in [9.17, 15) is 4.79 Å². The summed E-state index contributed by atoms with van der Waals surface area (Å²) in [5.41, 5.74) is 10.7. The number of nitrogens with zero attached hydrogens (tertiary/aromatic N) is 1. The maximum absolute atomic E-state index is 12.2. The number of pyridine rings is 1. The molecule has 1 aromatic carbocycles. The molecular weight excluding hydrogens is 296 g/mol. The lowest BCUT2D eigenvalue weighted by Crippen LogP contribution is -2.21. The number of aromatic nitrogens is 1. The minimum Gasteiger partial charge on any atom is -0.366 e. The Hall–Kier alpha value is -2.42. The maximum Gasteiger partial charge on any atom is 0.249 e. The van der Waals surface area contributed by atoms with E-state index in [1.165, 1.54) is 17.6 Å². The van der Waals surface area contributed by atoms with Crippen LogP contribution in [-0.4, -0.2) is 10.9 Å². The third kappa shape index (κ3) is 2.99. The smallest absolute Gasteiger partial charge is 0.249 e. The van der Waals surface area contributed by atoms with Gasteiger partial charge in [0.25, 0.3) is 0 Å². The van der Waals surface area contributed by atoms with Crippen LogP contribution in [0.25, 0.3) is 16.5 Å². The summed E-state index contributed by atoms with van der Waals surface area (Å²) in [5.74, 6) is -0.395. The molecule has 1 aliphatic rings. The van der Waals surface area contributed by atoms with E-state index in [4.69, 9.17) is 5.73 Å². The average molecular weight is 320 g/mol. The van der Waals surface area contributed by atoms with Crippen molar-refractivity contribution < 1.29 is 4.79 Å². The molecule has 1 amide bonds. The van der Waals surface area contributed by atoms with Gasteiger partial charge in [-0.15, -0.1) is 0 Å². The highest BCUT2D eigenvalue weighted by molar-refractivity contribution is 6.22. The number of carbonyl (C=O) groups is 1. The Morgan fingerprint density at radius 2 is 2.04 bits per heavy atom. The van der Waals surface area contributed by atoms with Crippen molar-refractivity contribution in [2.45, 2.75) is 40.0 Å². The fraction of sp³-hybridized carbons (Fsp3) is 0.333. The molecule has 0 bridgehead atoms. The second kappa shape index (κ2) is 6.23. The van der Waals surface area contributed by atoms with Gasteiger partial charge in [0, 0.05) is 17.2 Å². The van der Waals surface area contributed by atoms with Crippen LogP contribution in [0, 0.1) is 5.41 Å². The molecule has 2 N–H and O–H groups in total. The Kier molecular flexibility index (Phi) is 4.27. The van der Waals surface area contributed by atoms with Gasteiger partial charge in [0.15, 0.2) is 0 Å². The predicted octanol–water partition coefficient (Wildman–Crippen LogP) is 4.63. The predicted molar refractivity (Wildman–Crippen MR) is 99.2 cm³/mol. The van der Waals surface area contributed by atoms with Gasteiger partial charge in [0.2, 0.25) is 5.91 Å². The average Bonchev–Trinajstić information content (AvgIpc) is 2.53. The van der Waals surface area contributed by atoms with Crippen LogP contribution in [-0.2, 0) is 4.79 Å². The highest BCUT2D eigenvalue weighted by Crippen LogP contribution is 2.42. The van der Waals surface area contributed by atoms with Crippen molar-refractivity contribution in [2.24, 2.45) is 11.1 Å². The van der Waals surface area contributed by atoms with Crippen LogP contribution in [0.5, 0.6) is 0 Å². The number of rotatable bonds is 3. The lowest BCUT2D eigenvalue weighted by atomic mass is 9.72. The molecule has 2 aromatic rings. The van der Waals surface area contributed by atoms with Gasteiger partial charge in [-0.05, 0) is 60.9 Å². The van der Waals surface area contributed by atoms with Gasteiger partial charge in [-0.3, -0.25) is 9.78 Å². The first kappa shape index (κ1) is 16.4. The summed E-state index contributed by atoms with van der Waals surface area (Å²) >= 11 is 0. The Morgan fingerprint density at radius 1 is 1.25 bits per heavy atom. The molecule has 0 saturated carbocycles. The van der Waals surface area contributed by atoms with Crippen molar-refractivity contribution in [1.29, 1.82) is 0 Å². The molecule has 1 aliphatic carbocycles. The Morgan fingerprint density at radius 3 is 2.75 bits per heavy atom. The monoisotopic (exact) mass is 320 g/mol. The Labute approximate surface area is 143 Å². The summed E-state index contributed by atoms with van der Waals surface area (Å²) < 4.78 is 0. The molecule has 0 fully saturated rings. The molecule has 124 valence electrons. The normalized spacial score (nSPS) is 18.0. The first-order valence-electron chi connectivity index (χ1n) is 8.46. The number of carbonyl (C=O) groups excluding carboxylic acids is 1. The number of nitrogens with two attached hydrogens (primary N) is 1. The summed E-state index contributed by atoms with van der Waals surface area (Å²) in [6.45, 7) is 6.64. The fourth-order valence-electron chi connectivity index (χ4n) is 3.73. The molecule has 0 unspecified atom stereocenters. The lowest BCUT2D eigenvalue weighted by Gasteiger charge is -2.33. The second-order valence-corrected chi connectivity index (χ2v) is 7.23. The zero-order valence-electron chi connectivity index (χ0n) is 14.6. The van der Waals surface area contributed by atoms with Crippen molar-refractivity contribution >= 4 is 22.4 Å². The molecule has 3 rings (SSSR count). The summed E-state index contributed by atoms with van der Waals surface area (Å²) in [6, 6.07) is 9.70. The molecular formula is C21H24N2O. The van der Waals surface area contributed by atoms with Crippen molar-refractivity contribution in [3.05, 3.63) is 59.3 Å². The first-order valence-corrected chi connectivity index (χ1v) is 8.46. The summed E-state index contributed by atoms with van der Waals surface area (Å²) in [5, 5.41) is 0.955. The molecule has 0 radical (unpaired) electrons. The molecule has 1 heterocycles. The Bertz CT molecular complexity index is 854. The van der Waals surface area contributed by atoms with Gasteiger partial charge in [-0.25, -0.2) is 0 Å². The van der Waals surface area contributed by atoms with Crippen LogP contribution in [0.15, 0.2) is 53.8 Å². The minimum atomic E-state index is -0.395. The van der Waals surface area contributed by atoms with Gasteiger partial charge in [-0.1, -0.05) is 37.6 Å². The van der Waals surface area contributed by atoms with Crippen molar-refractivity contribution in [3.8, 4) is 0 Å². The molecule has 0 saturated heterocycles. The van der Waals surface area contributed by atoms with E-state index in [1.807, 2.05) is 36.4 Å². The number of allylic oxidation sites excluding steroid dienone is 3. The zero-order valence-corrected chi connectivity index (χ0v) is 14.6. The van der Waals surface area contributed by atoms with Crippen LogP contribution in [0.2, 0.25) is 0 Å². The zero-order chi connectivity index (χ0) is 17.3. The number of hydrogen-bond acceptors (Lipinski definition) is 2. The van der Waals surface area contributed by atoms with Gasteiger partial charge in [0.05, 0.1) is 5.52 Å². The fourth-order valence-corrected chi connectivity index (χ4v) is 3.73. The molecule has 3 nitrogen and oxygen atoms in total. The van der Waals surface area contributed by atoms with E-state index >= 15 is 0 Å². The van der Waals surface area contributed by atoms with Crippen molar-refractivity contribution in [1.82, 2.24) is 4.98 Å². The van der Waals surface area contributed by atoms with Crippen LogP contribution in [0.1, 0.15) is 45.6 Å². The third-order valence-corrected chi connectivity index (χ3v) is 5.03. The molecule has 1 aromatic heterocycles. The van der Waals surface area contributed by atoms with E-state index in [0.29, 0.717) is 5.57 Å². The van der Waals surface area contributed by atoms with E-state index in [-0.39, 0.29) is 5.41 Å².